The van der Waals surface area contributed by atoms with Crippen molar-refractivity contribution in [2.24, 2.45) is 0 Å². The largest absolute Gasteiger partial charge is 0.462 e. The Morgan fingerprint density at radius 2 is 0.462 bits per heavy atom. The molecule has 1 unspecified atom stereocenters. The van der Waals surface area contributed by atoms with Crippen molar-refractivity contribution in [3.8, 4) is 0 Å². The van der Waals surface area contributed by atoms with Gasteiger partial charge in [-0.25, -0.2) is 0 Å². The molecule has 0 N–H and O–H groups in total. The molecule has 0 aliphatic carbocycles. The number of unbranched alkanes of at least 4 members (excludes halogenated alkanes) is 45. The van der Waals surface area contributed by atoms with Gasteiger partial charge in [0.25, 0.3) is 0 Å². The monoisotopic (exact) mass is 1090 g/mol. The molecule has 0 aromatic rings. The second kappa shape index (κ2) is 66.9. The van der Waals surface area contributed by atoms with E-state index in [1.807, 2.05) is 0 Å². The summed E-state index contributed by atoms with van der Waals surface area (Å²) in [5.74, 6) is -0.861. The van der Waals surface area contributed by atoms with E-state index < -0.39 is 6.10 Å². The van der Waals surface area contributed by atoms with Crippen LogP contribution in [0.4, 0.5) is 0 Å². The van der Waals surface area contributed by atoms with Crippen LogP contribution >= 0.6 is 0 Å². The van der Waals surface area contributed by atoms with Crippen molar-refractivity contribution in [1.29, 1.82) is 0 Å². The van der Waals surface area contributed by atoms with Crippen LogP contribution in [-0.4, -0.2) is 37.2 Å². The molecule has 6 heteroatoms. The highest BCUT2D eigenvalue weighted by atomic mass is 16.6. The van der Waals surface area contributed by atoms with Crippen molar-refractivity contribution in [3.05, 3.63) is 48.6 Å². The van der Waals surface area contributed by atoms with E-state index in [0.717, 1.165) is 83.5 Å². The highest BCUT2D eigenvalue weighted by Crippen LogP contribution is 2.18. The van der Waals surface area contributed by atoms with Crippen LogP contribution in [0, 0.1) is 0 Å². The molecule has 0 rings (SSSR count). The molecule has 0 saturated carbocycles. The maximum Gasteiger partial charge on any atom is 0.306 e. The molecule has 0 amide bonds. The van der Waals surface area contributed by atoms with E-state index in [4.69, 9.17) is 14.2 Å². The number of rotatable bonds is 64. The minimum absolute atomic E-state index is 0.0726. The van der Waals surface area contributed by atoms with E-state index in [1.165, 1.54) is 250 Å². The summed E-state index contributed by atoms with van der Waals surface area (Å²) in [7, 11) is 0. The molecular weight excluding hydrogens is 961 g/mol. The van der Waals surface area contributed by atoms with E-state index in [2.05, 4.69) is 69.4 Å². The van der Waals surface area contributed by atoms with Gasteiger partial charge in [-0.1, -0.05) is 320 Å². The second-order valence-electron chi connectivity index (χ2n) is 23.4. The highest BCUT2D eigenvalue weighted by Gasteiger charge is 2.19. The number of ether oxygens (including phenoxy) is 3. The molecule has 0 aliphatic heterocycles. The SMILES string of the molecule is CCCCC/C=C\C/C=C\CCCCCCCC(=O)OCC(COC(=O)CCCCCCCCCCCCCCCCCCC/C=C\C/C=C\CCCCCCC)OC(=O)CCCCCCCCCCCCCCCCCC. The second-order valence-corrected chi connectivity index (χ2v) is 23.4. The topological polar surface area (TPSA) is 78.9 Å². The van der Waals surface area contributed by atoms with Gasteiger partial charge in [0, 0.05) is 19.3 Å². The lowest BCUT2D eigenvalue weighted by Gasteiger charge is -2.18. The minimum Gasteiger partial charge on any atom is -0.462 e. The first-order valence-electron chi connectivity index (χ1n) is 34.6. The fraction of sp³-hybridized carbons (Fsp3) is 0.847. The molecule has 78 heavy (non-hydrogen) atoms. The fourth-order valence-electron chi connectivity index (χ4n) is 10.3. The summed E-state index contributed by atoms with van der Waals surface area (Å²) in [5, 5.41) is 0. The van der Waals surface area contributed by atoms with Crippen LogP contribution in [0.25, 0.3) is 0 Å². The van der Waals surface area contributed by atoms with Crippen LogP contribution in [0.15, 0.2) is 48.6 Å². The zero-order valence-corrected chi connectivity index (χ0v) is 52.5. The summed E-state index contributed by atoms with van der Waals surface area (Å²) in [6.07, 6.45) is 84.2. The van der Waals surface area contributed by atoms with Gasteiger partial charge in [0.05, 0.1) is 0 Å². The Hall–Kier alpha value is -2.63. The average Bonchev–Trinajstić information content (AvgIpc) is 3.44. The molecule has 0 aromatic heterocycles. The van der Waals surface area contributed by atoms with E-state index in [9.17, 15) is 14.4 Å². The molecule has 0 spiro atoms. The molecule has 0 saturated heterocycles. The first-order valence-corrected chi connectivity index (χ1v) is 34.6. The molecular formula is C72H132O6. The van der Waals surface area contributed by atoms with Crippen molar-refractivity contribution < 1.29 is 28.6 Å². The average molecular weight is 1090 g/mol. The number of hydrogen-bond acceptors (Lipinski definition) is 6. The number of carbonyl (C=O) groups excluding carboxylic acids is 3. The van der Waals surface area contributed by atoms with Crippen LogP contribution in [0.1, 0.15) is 374 Å². The van der Waals surface area contributed by atoms with E-state index in [0.29, 0.717) is 19.3 Å². The number of esters is 3. The molecule has 0 aromatic carbocycles. The van der Waals surface area contributed by atoms with Gasteiger partial charge in [-0.2, -0.15) is 0 Å². The minimum atomic E-state index is -0.777. The van der Waals surface area contributed by atoms with Crippen molar-refractivity contribution in [2.75, 3.05) is 13.2 Å². The summed E-state index contributed by atoms with van der Waals surface area (Å²) in [6, 6.07) is 0. The van der Waals surface area contributed by atoms with Gasteiger partial charge in [0.1, 0.15) is 13.2 Å². The number of carbonyl (C=O) groups is 3. The third-order valence-electron chi connectivity index (χ3n) is 15.6. The molecule has 6 nitrogen and oxygen atoms in total. The third kappa shape index (κ3) is 64.2. The maximum atomic E-state index is 12.9. The lowest BCUT2D eigenvalue weighted by molar-refractivity contribution is -0.167. The van der Waals surface area contributed by atoms with Gasteiger partial charge in [0.15, 0.2) is 6.10 Å². The zero-order valence-electron chi connectivity index (χ0n) is 52.5. The zero-order chi connectivity index (χ0) is 56.4. The maximum absolute atomic E-state index is 12.9. The molecule has 456 valence electrons. The molecule has 0 bridgehead atoms. The van der Waals surface area contributed by atoms with Crippen LogP contribution in [-0.2, 0) is 28.6 Å². The quantitative estimate of drug-likeness (QED) is 0.0261. The fourth-order valence-corrected chi connectivity index (χ4v) is 10.3. The summed E-state index contributed by atoms with van der Waals surface area (Å²) >= 11 is 0. The van der Waals surface area contributed by atoms with Crippen LogP contribution < -0.4 is 0 Å². The first kappa shape index (κ1) is 75.4. The van der Waals surface area contributed by atoms with Crippen LogP contribution in [0.5, 0.6) is 0 Å². The van der Waals surface area contributed by atoms with Gasteiger partial charge >= 0.3 is 17.9 Å². The van der Waals surface area contributed by atoms with E-state index in [1.54, 1.807) is 0 Å². The Kier molecular flexibility index (Phi) is 64.6. The molecule has 1 atom stereocenters. The van der Waals surface area contributed by atoms with Crippen molar-refractivity contribution in [2.45, 2.75) is 380 Å². The predicted octanol–water partition coefficient (Wildman–Crippen LogP) is 23.7. The summed E-state index contributed by atoms with van der Waals surface area (Å²) < 4.78 is 17.0. The third-order valence-corrected chi connectivity index (χ3v) is 15.6. The lowest BCUT2D eigenvalue weighted by atomic mass is 10.0. The lowest BCUT2D eigenvalue weighted by Crippen LogP contribution is -2.30. The smallest absolute Gasteiger partial charge is 0.306 e. The normalized spacial score (nSPS) is 12.3. The Morgan fingerprint density at radius 1 is 0.256 bits per heavy atom. The number of allylic oxidation sites excluding steroid dienone is 8. The van der Waals surface area contributed by atoms with Crippen LogP contribution in [0.2, 0.25) is 0 Å². The standard InChI is InChI=1S/C72H132O6/c1-4-7-10-13-16-19-22-25-28-30-31-32-33-34-35-36-37-38-39-40-41-42-45-47-50-53-56-59-62-65-71(74)77-68-69(67-76-70(73)64-61-58-55-52-49-46-43-27-24-21-18-15-12-9-6-3)78-72(75)66-63-60-57-54-51-48-44-29-26-23-20-17-14-11-8-5-2/h18,21-22,25,27,30-31,43,69H,4-17,19-20,23-24,26,28-29,32-42,44-68H2,1-3H3/b21-18-,25-22-,31-30-,43-27-. The molecule has 0 aliphatic rings. The summed E-state index contributed by atoms with van der Waals surface area (Å²) in [5.41, 5.74) is 0. The number of hydrogen-bond donors (Lipinski definition) is 0. The van der Waals surface area contributed by atoms with Gasteiger partial charge in [-0.05, 0) is 83.5 Å². The molecule has 0 radical (unpaired) electrons. The Labute approximate surface area is 486 Å². The van der Waals surface area contributed by atoms with E-state index >= 15 is 0 Å². The van der Waals surface area contributed by atoms with Gasteiger partial charge < -0.3 is 14.2 Å². The van der Waals surface area contributed by atoms with Crippen LogP contribution in [0.3, 0.4) is 0 Å². The Morgan fingerprint density at radius 3 is 0.731 bits per heavy atom. The van der Waals surface area contributed by atoms with Crippen molar-refractivity contribution in [1.82, 2.24) is 0 Å². The Balaban J connectivity index is 4.21. The van der Waals surface area contributed by atoms with Crippen molar-refractivity contribution >= 4 is 17.9 Å². The predicted molar refractivity (Wildman–Crippen MR) is 339 cm³/mol. The summed E-state index contributed by atoms with van der Waals surface area (Å²) in [4.78, 5) is 38.4. The Bertz CT molecular complexity index is 1350. The molecule has 0 fully saturated rings. The van der Waals surface area contributed by atoms with Gasteiger partial charge in [-0.3, -0.25) is 14.4 Å². The van der Waals surface area contributed by atoms with Gasteiger partial charge in [0.2, 0.25) is 0 Å². The molecule has 0 heterocycles. The highest BCUT2D eigenvalue weighted by molar-refractivity contribution is 5.71. The van der Waals surface area contributed by atoms with E-state index in [-0.39, 0.29) is 31.1 Å². The first-order chi connectivity index (χ1) is 38.5. The van der Waals surface area contributed by atoms with Crippen molar-refractivity contribution in [3.63, 3.8) is 0 Å². The van der Waals surface area contributed by atoms with Gasteiger partial charge in [-0.15, -0.1) is 0 Å². The summed E-state index contributed by atoms with van der Waals surface area (Å²) in [6.45, 7) is 6.65.